The number of nitrogens with one attached hydrogen (secondary N) is 1. The van der Waals surface area contributed by atoms with Gasteiger partial charge in [-0.15, -0.1) is 0 Å². The summed E-state index contributed by atoms with van der Waals surface area (Å²) < 4.78 is 39.0. The molecule has 0 fully saturated rings. The minimum absolute atomic E-state index is 0.0289. The molecule has 30 heavy (non-hydrogen) atoms. The molecule has 1 unspecified atom stereocenters. The van der Waals surface area contributed by atoms with Gasteiger partial charge in [-0.2, -0.15) is 0 Å². The van der Waals surface area contributed by atoms with Crippen molar-refractivity contribution in [3.8, 4) is 0 Å². The number of hydrogen-bond donors (Lipinski definition) is 1. The Hall–Kier alpha value is -3.22. The first kappa shape index (κ1) is 21.5. The Morgan fingerprint density at radius 2 is 1.77 bits per heavy atom. The highest BCUT2D eigenvalue weighted by Crippen LogP contribution is 2.42. The van der Waals surface area contributed by atoms with Crippen LogP contribution in [0.1, 0.15) is 32.3 Å². The topological polar surface area (TPSA) is 64.6 Å². The zero-order valence-electron chi connectivity index (χ0n) is 17.2. The monoisotopic (exact) mass is 415 g/mol. The van der Waals surface area contributed by atoms with Crippen LogP contribution in [0.3, 0.4) is 0 Å². The van der Waals surface area contributed by atoms with Gasteiger partial charge in [0, 0.05) is 11.1 Å². The number of dihydropyridines is 1. The lowest BCUT2D eigenvalue weighted by atomic mass is 9.78. The molecule has 1 N–H and O–H groups in total. The average Bonchev–Trinajstić information content (AvgIpc) is 2.71. The number of esters is 2. The van der Waals surface area contributed by atoms with Crippen molar-refractivity contribution in [1.82, 2.24) is 5.32 Å². The SMILES string of the molecule is COC(=O)C1=C(CF)NC(C)=C(C(=O)OC(C)C)C1c1cccc2cccc(F)c12. The summed E-state index contributed by atoms with van der Waals surface area (Å²) >= 11 is 0. The van der Waals surface area contributed by atoms with Gasteiger partial charge in [0.1, 0.15) is 12.5 Å². The number of carbonyl (C=O) groups excluding carboxylic acids is 2. The Morgan fingerprint density at radius 1 is 1.10 bits per heavy atom. The fraction of sp³-hybridized carbons (Fsp3) is 0.304. The van der Waals surface area contributed by atoms with Crippen molar-refractivity contribution in [2.24, 2.45) is 0 Å². The van der Waals surface area contributed by atoms with E-state index >= 15 is 0 Å². The second kappa shape index (κ2) is 8.65. The van der Waals surface area contributed by atoms with Crippen LogP contribution in [-0.2, 0) is 19.1 Å². The summed E-state index contributed by atoms with van der Waals surface area (Å²) in [4.78, 5) is 25.7. The number of carbonyl (C=O) groups is 2. The van der Waals surface area contributed by atoms with E-state index in [4.69, 9.17) is 9.47 Å². The molecule has 2 aromatic rings. The van der Waals surface area contributed by atoms with E-state index in [9.17, 15) is 18.4 Å². The van der Waals surface area contributed by atoms with Gasteiger partial charge >= 0.3 is 11.9 Å². The van der Waals surface area contributed by atoms with Gasteiger partial charge in [-0.05, 0) is 37.8 Å². The van der Waals surface area contributed by atoms with Crippen molar-refractivity contribution >= 4 is 22.7 Å². The summed E-state index contributed by atoms with van der Waals surface area (Å²) in [5.74, 6) is -3.05. The lowest BCUT2D eigenvalue weighted by Crippen LogP contribution is -2.34. The third kappa shape index (κ3) is 3.79. The zero-order valence-corrected chi connectivity index (χ0v) is 17.2. The van der Waals surface area contributed by atoms with Gasteiger partial charge in [-0.1, -0.05) is 30.3 Å². The van der Waals surface area contributed by atoms with E-state index in [-0.39, 0.29) is 22.2 Å². The van der Waals surface area contributed by atoms with Crippen LogP contribution in [0.25, 0.3) is 10.8 Å². The van der Waals surface area contributed by atoms with E-state index in [0.717, 1.165) is 0 Å². The number of rotatable bonds is 5. The van der Waals surface area contributed by atoms with Gasteiger partial charge in [0.25, 0.3) is 0 Å². The highest BCUT2D eigenvalue weighted by atomic mass is 19.1. The number of halogens is 2. The summed E-state index contributed by atoms with van der Waals surface area (Å²) in [5, 5.41) is 3.62. The molecule has 0 saturated carbocycles. The predicted octanol–water partition coefficient (Wildman–Crippen LogP) is 4.29. The second-order valence-electron chi connectivity index (χ2n) is 7.25. The summed E-state index contributed by atoms with van der Waals surface area (Å²) in [6, 6.07) is 9.64. The molecule has 0 amide bonds. The van der Waals surface area contributed by atoms with E-state index < -0.39 is 36.5 Å². The minimum atomic E-state index is -1.06. The lowest BCUT2D eigenvalue weighted by molar-refractivity contribution is -0.143. The van der Waals surface area contributed by atoms with Crippen molar-refractivity contribution in [2.45, 2.75) is 32.8 Å². The molecule has 158 valence electrons. The molecular weight excluding hydrogens is 392 g/mol. The highest BCUT2D eigenvalue weighted by molar-refractivity contribution is 6.02. The normalized spacial score (nSPS) is 16.7. The third-order valence-corrected chi connectivity index (χ3v) is 4.94. The standard InChI is InChI=1S/C23H23F2NO4/c1-12(2)30-23(28)18-13(3)26-17(11-24)21(22(27)29-4)20(18)15-9-5-7-14-8-6-10-16(25)19(14)15/h5-10,12,20,26H,11H2,1-4H3. The third-order valence-electron chi connectivity index (χ3n) is 4.94. The summed E-state index contributed by atoms with van der Waals surface area (Å²) in [6.07, 6.45) is -0.421. The molecule has 1 atom stereocenters. The number of alkyl halides is 1. The zero-order chi connectivity index (χ0) is 22.0. The van der Waals surface area contributed by atoms with Gasteiger partial charge in [-0.25, -0.2) is 18.4 Å². The average molecular weight is 415 g/mol. The van der Waals surface area contributed by atoms with Gasteiger partial charge < -0.3 is 14.8 Å². The van der Waals surface area contributed by atoms with Crippen molar-refractivity contribution in [3.05, 3.63) is 70.3 Å². The number of ether oxygens (including phenoxy) is 2. The lowest BCUT2D eigenvalue weighted by Gasteiger charge is -2.31. The van der Waals surface area contributed by atoms with Gasteiger partial charge in [0.05, 0.1) is 36.0 Å². The minimum Gasteiger partial charge on any atom is -0.466 e. The number of benzene rings is 2. The molecule has 0 radical (unpaired) electrons. The smallest absolute Gasteiger partial charge is 0.337 e. The molecule has 0 bridgehead atoms. The second-order valence-corrected chi connectivity index (χ2v) is 7.25. The summed E-state index contributed by atoms with van der Waals surface area (Å²) in [6.45, 7) is 3.99. The Labute approximate surface area is 173 Å². The van der Waals surface area contributed by atoms with Crippen LogP contribution in [0.4, 0.5) is 8.78 Å². The first-order valence-corrected chi connectivity index (χ1v) is 9.53. The molecule has 7 heteroatoms. The number of hydrogen-bond acceptors (Lipinski definition) is 5. The first-order chi connectivity index (χ1) is 14.3. The number of allylic oxidation sites excluding steroid dienone is 2. The number of fused-ring (bicyclic) bond motifs is 1. The fourth-order valence-corrected chi connectivity index (χ4v) is 3.78. The van der Waals surface area contributed by atoms with Crippen LogP contribution < -0.4 is 5.32 Å². The molecule has 0 aromatic heterocycles. The fourth-order valence-electron chi connectivity index (χ4n) is 3.78. The molecule has 0 saturated heterocycles. The van der Waals surface area contributed by atoms with Gasteiger partial charge in [0.15, 0.2) is 0 Å². The van der Waals surface area contributed by atoms with Crippen LogP contribution in [0.5, 0.6) is 0 Å². The van der Waals surface area contributed by atoms with Crippen LogP contribution in [0.15, 0.2) is 58.9 Å². The molecule has 0 aliphatic carbocycles. The van der Waals surface area contributed by atoms with Crippen molar-refractivity contribution in [1.29, 1.82) is 0 Å². The summed E-state index contributed by atoms with van der Waals surface area (Å²) in [7, 11) is 1.17. The van der Waals surface area contributed by atoms with Crippen molar-refractivity contribution in [3.63, 3.8) is 0 Å². The largest absolute Gasteiger partial charge is 0.466 e. The maximum atomic E-state index is 14.9. The maximum absolute atomic E-state index is 14.9. The van der Waals surface area contributed by atoms with Crippen LogP contribution >= 0.6 is 0 Å². The molecule has 2 aromatic carbocycles. The molecule has 1 aliphatic heterocycles. The first-order valence-electron chi connectivity index (χ1n) is 9.53. The van der Waals surface area contributed by atoms with E-state index in [1.807, 2.05) is 0 Å². The van der Waals surface area contributed by atoms with E-state index in [0.29, 0.717) is 16.6 Å². The van der Waals surface area contributed by atoms with E-state index in [2.05, 4.69) is 5.32 Å². The maximum Gasteiger partial charge on any atom is 0.337 e. The van der Waals surface area contributed by atoms with Gasteiger partial charge in [-0.3, -0.25) is 0 Å². The molecule has 5 nitrogen and oxygen atoms in total. The van der Waals surface area contributed by atoms with Crippen LogP contribution in [-0.4, -0.2) is 31.8 Å². The van der Waals surface area contributed by atoms with Gasteiger partial charge in [0.2, 0.25) is 0 Å². The predicted molar refractivity (Wildman–Crippen MR) is 109 cm³/mol. The molecule has 1 aliphatic rings. The Kier molecular flexibility index (Phi) is 6.20. The van der Waals surface area contributed by atoms with Crippen molar-refractivity contribution < 1.29 is 27.8 Å². The van der Waals surface area contributed by atoms with Crippen molar-refractivity contribution in [2.75, 3.05) is 13.8 Å². The highest BCUT2D eigenvalue weighted by Gasteiger charge is 2.40. The Morgan fingerprint density at radius 3 is 2.37 bits per heavy atom. The quantitative estimate of drug-likeness (QED) is 0.739. The molecule has 0 spiro atoms. The number of methoxy groups -OCH3 is 1. The Balaban J connectivity index is 2.36. The Bertz CT molecular complexity index is 1070. The van der Waals surface area contributed by atoms with Crippen LogP contribution in [0.2, 0.25) is 0 Å². The molecular formula is C23H23F2NO4. The summed E-state index contributed by atoms with van der Waals surface area (Å²) in [5.41, 5.74) is 0.681. The van der Waals surface area contributed by atoms with E-state index in [1.165, 1.54) is 13.2 Å². The van der Waals surface area contributed by atoms with Crippen LogP contribution in [0, 0.1) is 5.82 Å². The molecule has 3 rings (SSSR count). The molecule has 1 heterocycles. The van der Waals surface area contributed by atoms with E-state index in [1.54, 1.807) is 51.1 Å².